The van der Waals surface area contributed by atoms with Crippen molar-refractivity contribution in [2.24, 2.45) is 16.2 Å². The van der Waals surface area contributed by atoms with Crippen molar-refractivity contribution in [1.82, 2.24) is 5.43 Å². The summed E-state index contributed by atoms with van der Waals surface area (Å²) in [4.78, 5) is 18.2. The fourth-order valence-electron chi connectivity index (χ4n) is 3.45. The third kappa shape index (κ3) is 3.83. The van der Waals surface area contributed by atoms with Crippen LogP contribution < -0.4 is 24.4 Å². The highest BCUT2D eigenvalue weighted by Crippen LogP contribution is 2.57. The number of rotatable bonds is 6. The van der Waals surface area contributed by atoms with Gasteiger partial charge in [0.15, 0.2) is 23.3 Å². The minimum Gasteiger partial charge on any atom is -0.492 e. The standard InChI is InChI=1S/C21H19BrFN3O6/c1-10-15(21(27)25-24-8-11-4-6-12(23)7-5-11)26-32-16(10)13-14(22)18(29-3)20-19(17(13)28-2)30-9-31-20/h4-8,10,16H,9H2,1-3H3,(H,25,27). The second-order valence-electron chi connectivity index (χ2n) is 6.90. The second-order valence-corrected chi connectivity index (χ2v) is 7.69. The Labute approximate surface area is 191 Å². The fourth-order valence-corrected chi connectivity index (χ4v) is 4.20. The number of nitrogens with zero attached hydrogens (tertiary/aromatic N) is 2. The number of benzene rings is 2. The van der Waals surface area contributed by atoms with Crippen molar-refractivity contribution in [2.75, 3.05) is 21.0 Å². The van der Waals surface area contributed by atoms with Crippen LogP contribution in [0.15, 0.2) is 39.0 Å². The monoisotopic (exact) mass is 507 g/mol. The van der Waals surface area contributed by atoms with Gasteiger partial charge in [0, 0.05) is 0 Å². The summed E-state index contributed by atoms with van der Waals surface area (Å²) in [5.41, 5.74) is 3.76. The molecule has 1 amide bonds. The van der Waals surface area contributed by atoms with Crippen LogP contribution in [0.3, 0.4) is 0 Å². The van der Waals surface area contributed by atoms with E-state index in [1.807, 2.05) is 0 Å². The van der Waals surface area contributed by atoms with Crippen molar-refractivity contribution in [3.63, 3.8) is 0 Å². The molecule has 9 nitrogen and oxygen atoms in total. The van der Waals surface area contributed by atoms with Crippen molar-refractivity contribution in [1.29, 1.82) is 0 Å². The molecule has 2 atom stereocenters. The maximum atomic E-state index is 13.0. The van der Waals surface area contributed by atoms with Crippen molar-refractivity contribution in [2.45, 2.75) is 13.0 Å². The zero-order valence-electron chi connectivity index (χ0n) is 17.3. The van der Waals surface area contributed by atoms with E-state index in [1.54, 1.807) is 6.92 Å². The summed E-state index contributed by atoms with van der Waals surface area (Å²) in [5, 5.41) is 7.87. The Morgan fingerprint density at radius 2 is 1.88 bits per heavy atom. The topological polar surface area (TPSA) is 100.0 Å². The largest absolute Gasteiger partial charge is 0.492 e. The molecule has 32 heavy (non-hydrogen) atoms. The first-order valence-electron chi connectivity index (χ1n) is 9.51. The number of carbonyl (C=O) groups is 1. The quantitative estimate of drug-likeness (QED) is 0.474. The summed E-state index contributed by atoms with van der Waals surface area (Å²) < 4.78 is 35.7. The molecular weight excluding hydrogens is 489 g/mol. The maximum Gasteiger partial charge on any atom is 0.289 e. The van der Waals surface area contributed by atoms with Gasteiger partial charge >= 0.3 is 0 Å². The van der Waals surface area contributed by atoms with Crippen LogP contribution in [0, 0.1) is 11.7 Å². The summed E-state index contributed by atoms with van der Waals surface area (Å²) in [7, 11) is 3.00. The minimum atomic E-state index is -0.662. The lowest BCUT2D eigenvalue weighted by molar-refractivity contribution is -0.115. The third-order valence-corrected chi connectivity index (χ3v) is 5.82. The van der Waals surface area contributed by atoms with Gasteiger partial charge in [-0.2, -0.15) is 5.10 Å². The molecule has 11 heteroatoms. The van der Waals surface area contributed by atoms with Gasteiger partial charge in [-0.25, -0.2) is 9.82 Å². The highest BCUT2D eigenvalue weighted by molar-refractivity contribution is 9.10. The van der Waals surface area contributed by atoms with E-state index in [0.717, 1.165) is 0 Å². The lowest BCUT2D eigenvalue weighted by Crippen LogP contribution is -2.31. The first kappa shape index (κ1) is 21.9. The molecule has 1 N–H and O–H groups in total. The predicted octanol–water partition coefficient (Wildman–Crippen LogP) is 3.55. The number of ether oxygens (including phenoxy) is 4. The lowest BCUT2D eigenvalue weighted by Gasteiger charge is -2.21. The van der Waals surface area contributed by atoms with Crippen molar-refractivity contribution in [3.8, 4) is 23.0 Å². The van der Waals surface area contributed by atoms with E-state index in [9.17, 15) is 9.18 Å². The van der Waals surface area contributed by atoms with Crippen molar-refractivity contribution in [3.05, 3.63) is 45.7 Å². The zero-order chi connectivity index (χ0) is 22.8. The molecule has 2 aliphatic rings. The lowest BCUT2D eigenvalue weighted by atomic mass is 9.92. The van der Waals surface area contributed by atoms with Gasteiger partial charge in [0.05, 0.1) is 36.4 Å². The number of methoxy groups -OCH3 is 2. The number of carbonyl (C=O) groups excluding carboxylic acids is 1. The molecule has 0 saturated carbocycles. The summed E-state index contributed by atoms with van der Waals surface area (Å²) in [6.07, 6.45) is 0.739. The van der Waals surface area contributed by atoms with E-state index >= 15 is 0 Å². The van der Waals surface area contributed by atoms with E-state index < -0.39 is 17.9 Å². The van der Waals surface area contributed by atoms with E-state index in [0.29, 0.717) is 38.6 Å². The first-order valence-corrected chi connectivity index (χ1v) is 10.3. The number of hydrogen-bond donors (Lipinski definition) is 1. The zero-order valence-corrected chi connectivity index (χ0v) is 18.9. The van der Waals surface area contributed by atoms with Crippen molar-refractivity contribution >= 4 is 33.8 Å². The maximum absolute atomic E-state index is 13.0. The molecule has 0 aromatic heterocycles. The summed E-state index contributed by atoms with van der Waals surface area (Å²) in [6.45, 7) is 1.82. The Morgan fingerprint density at radius 3 is 2.53 bits per heavy atom. The molecule has 0 aliphatic carbocycles. The molecule has 2 aromatic carbocycles. The Kier molecular flexibility index (Phi) is 6.17. The van der Waals surface area contributed by atoms with Gasteiger partial charge in [0.2, 0.25) is 18.3 Å². The molecule has 0 fully saturated rings. The molecule has 2 unspecified atom stereocenters. The smallest absolute Gasteiger partial charge is 0.289 e. The normalized spacial score (nSPS) is 19.0. The second kappa shape index (κ2) is 9.03. The van der Waals surface area contributed by atoms with Crippen LogP contribution in [-0.4, -0.2) is 38.8 Å². The number of fused-ring (bicyclic) bond motifs is 1. The fraction of sp³-hybridized carbons (Fsp3) is 0.286. The number of hydrogen-bond acceptors (Lipinski definition) is 8. The Bertz CT molecular complexity index is 1110. The Morgan fingerprint density at radius 1 is 1.22 bits per heavy atom. The summed E-state index contributed by atoms with van der Waals surface area (Å²) in [6, 6.07) is 5.68. The van der Waals surface area contributed by atoms with Gasteiger partial charge in [-0.15, -0.1) is 0 Å². The van der Waals surface area contributed by atoms with Gasteiger partial charge in [-0.1, -0.05) is 24.2 Å². The molecule has 2 heterocycles. The molecule has 168 valence electrons. The molecule has 2 aromatic rings. The molecule has 0 spiro atoms. The Balaban J connectivity index is 1.55. The van der Waals surface area contributed by atoms with Crippen LogP contribution in [0.4, 0.5) is 4.39 Å². The van der Waals surface area contributed by atoms with Crippen LogP contribution in [0.5, 0.6) is 23.0 Å². The number of hydrazone groups is 1. The minimum absolute atomic E-state index is 0.0231. The van der Waals surface area contributed by atoms with Crippen molar-refractivity contribution < 1.29 is 33.0 Å². The van der Waals surface area contributed by atoms with Crippen LogP contribution in [0.25, 0.3) is 0 Å². The number of nitrogens with one attached hydrogen (secondary N) is 1. The molecule has 0 saturated heterocycles. The SMILES string of the molecule is COc1c(Br)c(C2ON=C(C(=O)NN=Cc3ccc(F)cc3)C2C)c(OC)c2c1OCO2. The van der Waals surface area contributed by atoms with Gasteiger partial charge < -0.3 is 23.8 Å². The molecule has 0 radical (unpaired) electrons. The molecule has 0 bridgehead atoms. The molecular formula is C21H19BrFN3O6. The predicted molar refractivity (Wildman–Crippen MR) is 116 cm³/mol. The average molecular weight is 508 g/mol. The Hall–Kier alpha value is -3.34. The van der Waals surface area contributed by atoms with Crippen LogP contribution in [-0.2, 0) is 9.63 Å². The van der Waals surface area contributed by atoms with E-state index in [2.05, 4.69) is 31.6 Å². The number of halogens is 2. The van der Waals surface area contributed by atoms with Gasteiger partial charge in [-0.05, 0) is 33.6 Å². The number of amides is 1. The first-order chi connectivity index (χ1) is 15.5. The van der Waals surface area contributed by atoms with E-state index in [4.69, 9.17) is 23.8 Å². The summed E-state index contributed by atoms with van der Waals surface area (Å²) in [5.74, 6) is 0.289. The highest BCUT2D eigenvalue weighted by atomic mass is 79.9. The van der Waals surface area contributed by atoms with Gasteiger partial charge in [0.25, 0.3) is 5.91 Å². The third-order valence-electron chi connectivity index (χ3n) is 5.03. The van der Waals surface area contributed by atoms with Gasteiger partial charge in [-0.3, -0.25) is 4.79 Å². The highest BCUT2D eigenvalue weighted by Gasteiger charge is 2.42. The molecule has 4 rings (SSSR count). The molecule has 2 aliphatic heterocycles. The van der Waals surface area contributed by atoms with Crippen LogP contribution >= 0.6 is 15.9 Å². The van der Waals surface area contributed by atoms with Gasteiger partial charge in [0.1, 0.15) is 5.82 Å². The van der Waals surface area contributed by atoms with Crippen LogP contribution in [0.2, 0.25) is 0 Å². The average Bonchev–Trinajstić information content (AvgIpc) is 3.41. The van der Waals surface area contributed by atoms with Crippen LogP contribution in [0.1, 0.15) is 24.2 Å². The number of oxime groups is 1. The van der Waals surface area contributed by atoms with E-state index in [1.165, 1.54) is 44.7 Å². The summed E-state index contributed by atoms with van der Waals surface area (Å²) >= 11 is 3.53. The van der Waals surface area contributed by atoms with E-state index in [-0.39, 0.29) is 18.3 Å².